The van der Waals surface area contributed by atoms with E-state index in [9.17, 15) is 14.4 Å². The molecule has 0 radical (unpaired) electrons. The van der Waals surface area contributed by atoms with Crippen LogP contribution in [0, 0.1) is 0 Å². The van der Waals surface area contributed by atoms with Crippen molar-refractivity contribution < 1.29 is 24.2 Å². The number of ether oxygens (including phenoxy) is 1. The fourth-order valence-corrected chi connectivity index (χ4v) is 4.13. The van der Waals surface area contributed by atoms with Gasteiger partial charge in [0.1, 0.15) is 12.6 Å². The molecule has 1 aliphatic carbocycles. The number of fused-ring (bicyclic) bond motifs is 3. The normalized spacial score (nSPS) is 13.0. The predicted octanol–water partition coefficient (Wildman–Crippen LogP) is 3.46. The van der Waals surface area contributed by atoms with Crippen LogP contribution >= 0.6 is 11.5 Å². The van der Waals surface area contributed by atoms with E-state index < -0.39 is 30.4 Å². The molecule has 0 saturated heterocycles. The zero-order valence-electron chi connectivity index (χ0n) is 16.3. The number of rotatable bonds is 7. The lowest BCUT2D eigenvalue weighted by atomic mass is 9.98. The number of carboxylic acids is 1. The maximum absolute atomic E-state index is 12.4. The summed E-state index contributed by atoms with van der Waals surface area (Å²) < 4.78 is 9.27. The van der Waals surface area contributed by atoms with Crippen LogP contribution in [0.2, 0.25) is 0 Å². The molecule has 1 aromatic heterocycles. The van der Waals surface area contributed by atoms with Crippen LogP contribution in [0.5, 0.6) is 0 Å². The van der Waals surface area contributed by atoms with Gasteiger partial charge in [0.15, 0.2) is 0 Å². The molecule has 1 heterocycles. The highest BCUT2D eigenvalue weighted by atomic mass is 32.1. The Labute approximate surface area is 182 Å². The summed E-state index contributed by atoms with van der Waals surface area (Å²) in [5, 5.41) is 15.6. The molecule has 0 aliphatic heterocycles. The van der Waals surface area contributed by atoms with E-state index in [0.717, 1.165) is 33.8 Å². The van der Waals surface area contributed by atoms with Crippen LogP contribution in [0.3, 0.4) is 0 Å². The lowest BCUT2D eigenvalue weighted by Gasteiger charge is -2.18. The second kappa shape index (κ2) is 8.97. The molecular weight excluding hydrogens is 418 g/mol. The monoisotopic (exact) mass is 437 g/mol. The fraction of sp³-hybridized carbons (Fsp3) is 0.182. The molecular formula is C22H19N3O5S. The first-order valence-electron chi connectivity index (χ1n) is 9.56. The minimum absolute atomic E-state index is 0.0652. The third-order valence-electron chi connectivity index (χ3n) is 5.03. The Hall–Kier alpha value is -3.72. The third-order valence-corrected chi connectivity index (χ3v) is 5.62. The van der Waals surface area contributed by atoms with Gasteiger partial charge in [-0.25, -0.2) is 4.79 Å². The molecule has 9 heteroatoms. The number of aromatic nitrogens is 1. The number of amides is 2. The summed E-state index contributed by atoms with van der Waals surface area (Å²) in [7, 11) is 0. The molecule has 4 rings (SSSR count). The Morgan fingerprint density at radius 2 is 1.71 bits per heavy atom. The first-order chi connectivity index (χ1) is 15.0. The molecule has 3 N–H and O–H groups in total. The zero-order valence-corrected chi connectivity index (χ0v) is 17.1. The Kier molecular flexibility index (Phi) is 5.94. The lowest BCUT2D eigenvalue weighted by Crippen LogP contribution is -2.45. The van der Waals surface area contributed by atoms with Crippen LogP contribution in [-0.2, 0) is 14.3 Å². The molecule has 2 aromatic carbocycles. The van der Waals surface area contributed by atoms with E-state index in [0.29, 0.717) is 5.69 Å². The number of carbonyl (C=O) groups is 3. The molecule has 8 nitrogen and oxygen atoms in total. The van der Waals surface area contributed by atoms with Crippen molar-refractivity contribution in [3.8, 4) is 11.1 Å². The van der Waals surface area contributed by atoms with Crippen LogP contribution in [0.25, 0.3) is 11.1 Å². The van der Waals surface area contributed by atoms with E-state index in [-0.39, 0.29) is 12.5 Å². The molecule has 1 atom stereocenters. The summed E-state index contributed by atoms with van der Waals surface area (Å²) in [6.45, 7) is 0.0652. The number of aliphatic carboxylic acids is 1. The van der Waals surface area contributed by atoms with E-state index >= 15 is 0 Å². The van der Waals surface area contributed by atoms with Crippen molar-refractivity contribution in [2.24, 2.45) is 0 Å². The van der Waals surface area contributed by atoms with Gasteiger partial charge in [0.05, 0.1) is 18.3 Å². The summed E-state index contributed by atoms with van der Waals surface area (Å²) in [5.74, 6) is -2.01. The SMILES string of the molecule is O=C(O)CC(NC(=O)OCC1c2ccccc2-c2ccccc21)C(=O)Nc1cnsc1. The van der Waals surface area contributed by atoms with Gasteiger partial charge in [-0.15, -0.1) is 0 Å². The smallest absolute Gasteiger partial charge is 0.407 e. The van der Waals surface area contributed by atoms with E-state index in [2.05, 4.69) is 15.0 Å². The van der Waals surface area contributed by atoms with Gasteiger partial charge in [0.25, 0.3) is 0 Å². The first-order valence-corrected chi connectivity index (χ1v) is 10.4. The highest BCUT2D eigenvalue weighted by molar-refractivity contribution is 7.04. The van der Waals surface area contributed by atoms with Crippen molar-refractivity contribution in [3.63, 3.8) is 0 Å². The summed E-state index contributed by atoms with van der Waals surface area (Å²) >= 11 is 1.14. The average molecular weight is 437 g/mol. The van der Waals surface area contributed by atoms with Crippen molar-refractivity contribution in [1.82, 2.24) is 9.69 Å². The summed E-state index contributed by atoms with van der Waals surface area (Å²) in [5.41, 5.74) is 4.74. The van der Waals surface area contributed by atoms with Crippen LogP contribution in [0.1, 0.15) is 23.5 Å². The molecule has 2 amide bonds. The number of carbonyl (C=O) groups excluding carboxylic acids is 2. The van der Waals surface area contributed by atoms with Gasteiger partial charge in [-0.05, 0) is 33.8 Å². The van der Waals surface area contributed by atoms with Gasteiger partial charge in [-0.1, -0.05) is 48.5 Å². The topological polar surface area (TPSA) is 118 Å². The minimum Gasteiger partial charge on any atom is -0.481 e. The summed E-state index contributed by atoms with van der Waals surface area (Å²) in [4.78, 5) is 36.0. The quantitative estimate of drug-likeness (QED) is 0.521. The number of nitrogens with zero attached hydrogens (tertiary/aromatic N) is 1. The lowest BCUT2D eigenvalue weighted by molar-refractivity contribution is -0.139. The van der Waals surface area contributed by atoms with Crippen molar-refractivity contribution in [1.29, 1.82) is 0 Å². The Balaban J connectivity index is 1.43. The van der Waals surface area contributed by atoms with E-state index in [1.807, 2.05) is 48.5 Å². The van der Waals surface area contributed by atoms with Crippen molar-refractivity contribution in [2.45, 2.75) is 18.4 Å². The minimum atomic E-state index is -1.28. The number of carboxylic acid groups (broad SMARTS) is 1. The molecule has 3 aromatic rings. The van der Waals surface area contributed by atoms with Crippen LogP contribution in [0.15, 0.2) is 60.1 Å². The van der Waals surface area contributed by atoms with Gasteiger partial charge in [0, 0.05) is 11.3 Å². The first kappa shape index (κ1) is 20.5. The highest BCUT2D eigenvalue weighted by Gasteiger charge is 2.30. The highest BCUT2D eigenvalue weighted by Crippen LogP contribution is 2.44. The maximum Gasteiger partial charge on any atom is 0.407 e. The standard InChI is InChI=1S/C22H19N3O5S/c26-20(27)9-19(21(28)24-13-10-23-31-12-13)25-22(29)30-11-18-16-7-3-1-5-14(16)15-6-2-4-8-17(15)18/h1-8,10,12,18-19H,9,11H2,(H,24,28)(H,25,29)(H,26,27). The Morgan fingerprint density at radius 1 is 1.06 bits per heavy atom. The molecule has 0 saturated carbocycles. The number of anilines is 1. The molecule has 0 fully saturated rings. The van der Waals surface area contributed by atoms with Crippen LogP contribution in [-0.4, -0.2) is 40.1 Å². The second-order valence-electron chi connectivity index (χ2n) is 7.02. The Bertz CT molecular complexity index is 1070. The molecule has 0 bridgehead atoms. The van der Waals surface area contributed by atoms with Crippen molar-refractivity contribution in [2.75, 3.05) is 11.9 Å². The third kappa shape index (κ3) is 4.56. The van der Waals surface area contributed by atoms with Gasteiger partial charge >= 0.3 is 12.1 Å². The predicted molar refractivity (Wildman–Crippen MR) is 115 cm³/mol. The van der Waals surface area contributed by atoms with E-state index in [1.165, 1.54) is 6.20 Å². The largest absolute Gasteiger partial charge is 0.481 e. The number of benzene rings is 2. The second-order valence-corrected chi connectivity index (χ2v) is 7.68. The molecule has 158 valence electrons. The zero-order chi connectivity index (χ0) is 21.8. The maximum atomic E-state index is 12.4. The van der Waals surface area contributed by atoms with Crippen LogP contribution in [0.4, 0.5) is 10.5 Å². The van der Waals surface area contributed by atoms with Gasteiger partial charge in [-0.3, -0.25) is 9.59 Å². The molecule has 0 spiro atoms. The van der Waals surface area contributed by atoms with Crippen LogP contribution < -0.4 is 10.6 Å². The molecule has 1 aliphatic rings. The van der Waals surface area contributed by atoms with Gasteiger partial charge in [0.2, 0.25) is 5.91 Å². The van der Waals surface area contributed by atoms with Crippen molar-refractivity contribution >= 4 is 35.2 Å². The van der Waals surface area contributed by atoms with E-state index in [1.54, 1.807) is 5.38 Å². The fourth-order valence-electron chi connectivity index (χ4n) is 3.66. The molecule has 1 unspecified atom stereocenters. The number of hydrogen-bond donors (Lipinski definition) is 3. The average Bonchev–Trinajstić information content (AvgIpc) is 3.37. The summed E-state index contributed by atoms with van der Waals surface area (Å²) in [6.07, 6.45) is 0.00749. The van der Waals surface area contributed by atoms with Gasteiger partial charge in [-0.2, -0.15) is 4.37 Å². The van der Waals surface area contributed by atoms with E-state index in [4.69, 9.17) is 9.84 Å². The number of alkyl carbamates (subject to hydrolysis) is 1. The van der Waals surface area contributed by atoms with Crippen molar-refractivity contribution in [3.05, 3.63) is 71.2 Å². The summed E-state index contributed by atoms with van der Waals surface area (Å²) in [6, 6.07) is 14.6. The number of nitrogens with one attached hydrogen (secondary N) is 2. The number of hydrogen-bond acceptors (Lipinski definition) is 6. The van der Waals surface area contributed by atoms with Gasteiger partial charge < -0.3 is 20.5 Å². The molecule has 31 heavy (non-hydrogen) atoms. The Morgan fingerprint density at radius 3 is 2.29 bits per heavy atom.